The molecule has 8 nitrogen and oxygen atoms in total. The van der Waals surface area contributed by atoms with Crippen LogP contribution in [0.1, 0.15) is 0 Å². The van der Waals surface area contributed by atoms with Gasteiger partial charge in [0.15, 0.2) is 16.7 Å². The van der Waals surface area contributed by atoms with Crippen molar-refractivity contribution in [2.45, 2.75) is 5.16 Å². The van der Waals surface area contributed by atoms with Gasteiger partial charge >= 0.3 is 0 Å². The highest BCUT2D eigenvalue weighted by Gasteiger charge is 2.17. The number of carbonyl (C=O) groups excluding carboxylic acids is 1. The molecule has 0 spiro atoms. The fourth-order valence-corrected chi connectivity index (χ4v) is 4.43. The molecule has 1 amide bonds. The standard InChI is InChI=1S/C24H17BrN6O2S/c25-16-10-12-17(13-11-16)31-22(15-6-2-1-3-7-15)29-30-24(31)34-14-20(32)27-28-21-18-8-4-5-9-19(18)26-23(21)33/h1-13,26,33H,14H2. The van der Waals surface area contributed by atoms with Gasteiger partial charge in [-0.15, -0.1) is 20.4 Å². The van der Waals surface area contributed by atoms with Crippen LogP contribution in [0.15, 0.2) is 98.7 Å². The lowest BCUT2D eigenvalue weighted by Gasteiger charge is -2.10. The van der Waals surface area contributed by atoms with Crippen LogP contribution in [0.2, 0.25) is 0 Å². The molecule has 0 saturated carbocycles. The number of aromatic nitrogens is 4. The van der Waals surface area contributed by atoms with Gasteiger partial charge < -0.3 is 10.1 Å². The number of amides is 1. The zero-order chi connectivity index (χ0) is 23.5. The molecule has 0 bridgehead atoms. The second kappa shape index (κ2) is 9.62. The van der Waals surface area contributed by atoms with Crippen molar-refractivity contribution in [1.82, 2.24) is 19.7 Å². The van der Waals surface area contributed by atoms with Gasteiger partial charge in [0.25, 0.3) is 5.91 Å². The van der Waals surface area contributed by atoms with Crippen molar-refractivity contribution in [1.29, 1.82) is 0 Å². The summed E-state index contributed by atoms with van der Waals surface area (Å²) < 4.78 is 2.86. The first-order valence-electron chi connectivity index (χ1n) is 10.2. The van der Waals surface area contributed by atoms with Crippen LogP contribution in [0, 0.1) is 0 Å². The van der Waals surface area contributed by atoms with Gasteiger partial charge in [0.1, 0.15) is 0 Å². The predicted octanol–water partition coefficient (Wildman–Crippen LogP) is 6.29. The van der Waals surface area contributed by atoms with Crippen molar-refractivity contribution in [3.63, 3.8) is 0 Å². The maximum Gasteiger partial charge on any atom is 0.275 e. The molecule has 0 aliphatic carbocycles. The number of thioether (sulfide) groups is 1. The largest absolute Gasteiger partial charge is 0.493 e. The third-order valence-electron chi connectivity index (χ3n) is 5.00. The third kappa shape index (κ3) is 4.50. The van der Waals surface area contributed by atoms with Gasteiger partial charge in [0.2, 0.25) is 5.88 Å². The molecule has 168 valence electrons. The second-order valence-corrected chi connectivity index (χ2v) is 9.09. The van der Waals surface area contributed by atoms with Crippen molar-refractivity contribution in [3.8, 4) is 23.0 Å². The molecule has 0 saturated heterocycles. The van der Waals surface area contributed by atoms with Crippen LogP contribution in [0.25, 0.3) is 28.0 Å². The van der Waals surface area contributed by atoms with Gasteiger partial charge in [0, 0.05) is 21.1 Å². The predicted molar refractivity (Wildman–Crippen MR) is 135 cm³/mol. The Hall–Kier alpha value is -3.76. The highest BCUT2D eigenvalue weighted by atomic mass is 79.9. The summed E-state index contributed by atoms with van der Waals surface area (Å²) in [5.74, 6) is 0.0909. The number of nitrogens with zero attached hydrogens (tertiary/aromatic N) is 5. The molecule has 0 fully saturated rings. The average molecular weight is 533 g/mol. The zero-order valence-electron chi connectivity index (χ0n) is 17.6. The molecule has 3 aromatic carbocycles. The second-order valence-electron chi connectivity index (χ2n) is 7.23. The summed E-state index contributed by atoms with van der Waals surface area (Å²) in [5, 5.41) is 27.8. The van der Waals surface area contributed by atoms with Gasteiger partial charge in [-0.05, 0) is 30.3 Å². The monoisotopic (exact) mass is 532 g/mol. The summed E-state index contributed by atoms with van der Waals surface area (Å²) in [4.78, 5) is 15.3. The molecule has 0 atom stereocenters. The van der Waals surface area contributed by atoms with Crippen LogP contribution in [-0.4, -0.2) is 36.5 Å². The third-order valence-corrected chi connectivity index (χ3v) is 6.44. The van der Waals surface area contributed by atoms with Crippen LogP contribution in [0.5, 0.6) is 5.88 Å². The summed E-state index contributed by atoms with van der Waals surface area (Å²) in [7, 11) is 0. The first kappa shape index (κ1) is 22.1. The number of H-pyrrole nitrogens is 1. The van der Waals surface area contributed by atoms with E-state index in [1.807, 2.05) is 77.4 Å². The fourth-order valence-electron chi connectivity index (χ4n) is 3.44. The fraction of sp³-hybridized carbons (Fsp3) is 0.0417. The van der Waals surface area contributed by atoms with Gasteiger partial charge in [-0.3, -0.25) is 9.36 Å². The van der Waals surface area contributed by atoms with Gasteiger partial charge in [0.05, 0.1) is 11.3 Å². The normalized spacial score (nSPS) is 11.4. The topological polar surface area (TPSA) is 109 Å². The summed E-state index contributed by atoms with van der Waals surface area (Å²) in [6, 6.07) is 24.8. The van der Waals surface area contributed by atoms with E-state index >= 15 is 0 Å². The Labute approximate surface area is 206 Å². The number of hydrogen-bond donors (Lipinski definition) is 2. The maximum atomic E-state index is 12.5. The van der Waals surface area contributed by atoms with E-state index in [4.69, 9.17) is 0 Å². The molecular formula is C24H17BrN6O2S. The van der Waals surface area contributed by atoms with Gasteiger partial charge in [-0.25, -0.2) is 0 Å². The van der Waals surface area contributed by atoms with E-state index < -0.39 is 5.91 Å². The molecule has 0 aliphatic rings. The number of rotatable bonds is 6. The Morgan fingerprint density at radius 1 is 1.00 bits per heavy atom. The van der Waals surface area contributed by atoms with Crippen molar-refractivity contribution < 1.29 is 9.90 Å². The van der Waals surface area contributed by atoms with Crippen molar-refractivity contribution in [2.24, 2.45) is 10.2 Å². The van der Waals surface area contributed by atoms with Gasteiger partial charge in [-0.2, -0.15) is 0 Å². The lowest BCUT2D eigenvalue weighted by molar-refractivity contribution is -0.115. The first-order chi connectivity index (χ1) is 16.6. The Bertz CT molecular complexity index is 1500. The van der Waals surface area contributed by atoms with E-state index in [1.165, 1.54) is 11.8 Å². The van der Waals surface area contributed by atoms with Crippen molar-refractivity contribution >= 4 is 50.2 Å². The number of benzene rings is 3. The lowest BCUT2D eigenvalue weighted by Crippen LogP contribution is -2.02. The molecule has 0 radical (unpaired) electrons. The van der Waals surface area contributed by atoms with Crippen LogP contribution < -0.4 is 0 Å². The highest BCUT2D eigenvalue weighted by Crippen LogP contribution is 2.35. The Morgan fingerprint density at radius 3 is 2.53 bits per heavy atom. The quantitative estimate of drug-likeness (QED) is 0.197. The molecule has 2 N–H and O–H groups in total. The molecule has 34 heavy (non-hydrogen) atoms. The van der Waals surface area contributed by atoms with E-state index in [2.05, 4.69) is 41.3 Å². The minimum atomic E-state index is -0.457. The minimum Gasteiger partial charge on any atom is -0.493 e. The number of para-hydroxylation sites is 1. The molecular weight excluding hydrogens is 516 g/mol. The SMILES string of the molecule is O=C(CSc1nnc(-c2ccccc2)n1-c1ccc(Br)cc1)N=Nc1c(O)[nH]c2ccccc12. The average Bonchev–Trinajstić information content (AvgIpc) is 3.42. The van der Waals surface area contributed by atoms with E-state index in [0.717, 1.165) is 15.7 Å². The van der Waals surface area contributed by atoms with E-state index in [1.54, 1.807) is 6.07 Å². The highest BCUT2D eigenvalue weighted by molar-refractivity contribution is 9.10. The number of azo groups is 1. The minimum absolute atomic E-state index is 0.00999. The zero-order valence-corrected chi connectivity index (χ0v) is 20.0. The van der Waals surface area contributed by atoms with Crippen LogP contribution >= 0.6 is 27.7 Å². The van der Waals surface area contributed by atoms with Crippen molar-refractivity contribution in [3.05, 3.63) is 83.3 Å². The Morgan fingerprint density at radius 2 is 1.74 bits per heavy atom. The molecule has 5 rings (SSSR count). The van der Waals surface area contributed by atoms with E-state index in [0.29, 0.717) is 21.9 Å². The van der Waals surface area contributed by atoms with Crippen LogP contribution in [-0.2, 0) is 4.79 Å². The molecule has 2 heterocycles. The van der Waals surface area contributed by atoms with Crippen LogP contribution in [0.3, 0.4) is 0 Å². The van der Waals surface area contributed by atoms with E-state index in [-0.39, 0.29) is 17.3 Å². The lowest BCUT2D eigenvalue weighted by atomic mass is 10.2. The van der Waals surface area contributed by atoms with Crippen LogP contribution in [0.4, 0.5) is 5.69 Å². The molecule has 10 heteroatoms. The summed E-state index contributed by atoms with van der Waals surface area (Å²) >= 11 is 4.68. The number of nitrogens with one attached hydrogen (secondary N) is 1. The molecule has 2 aromatic heterocycles. The number of hydrogen-bond acceptors (Lipinski definition) is 6. The van der Waals surface area contributed by atoms with Crippen molar-refractivity contribution in [2.75, 3.05) is 5.75 Å². The number of fused-ring (bicyclic) bond motifs is 1. The number of aromatic amines is 1. The smallest absolute Gasteiger partial charge is 0.275 e. The Kier molecular flexibility index (Phi) is 6.24. The summed E-state index contributed by atoms with van der Waals surface area (Å²) in [6.07, 6.45) is 0. The van der Waals surface area contributed by atoms with E-state index in [9.17, 15) is 9.90 Å². The number of aromatic hydroxyl groups is 1. The Balaban J connectivity index is 1.39. The maximum absolute atomic E-state index is 12.5. The first-order valence-corrected chi connectivity index (χ1v) is 12.0. The van der Waals surface area contributed by atoms with Gasteiger partial charge in [-0.1, -0.05) is 76.2 Å². The molecule has 0 aliphatic heterocycles. The molecule has 0 unspecified atom stereocenters. The number of carbonyl (C=O) groups is 1. The summed E-state index contributed by atoms with van der Waals surface area (Å²) in [6.45, 7) is 0. The molecule has 5 aromatic rings. The summed E-state index contributed by atoms with van der Waals surface area (Å²) in [5.41, 5.74) is 2.73. The number of halogens is 1.